The van der Waals surface area contributed by atoms with E-state index in [4.69, 9.17) is 9.16 Å². The van der Waals surface area contributed by atoms with Crippen molar-refractivity contribution >= 4 is 8.32 Å². The van der Waals surface area contributed by atoms with E-state index < -0.39 is 8.32 Å². The van der Waals surface area contributed by atoms with Crippen molar-refractivity contribution in [2.75, 3.05) is 7.11 Å². The summed E-state index contributed by atoms with van der Waals surface area (Å²) in [6.45, 7) is 18.0. The van der Waals surface area contributed by atoms with Gasteiger partial charge in [-0.1, -0.05) is 40.7 Å². The number of hydrogen-bond donors (Lipinski definition) is 0. The molecule has 1 rings (SSSR count). The van der Waals surface area contributed by atoms with Crippen LogP contribution < -0.4 is 9.16 Å². The Balaban J connectivity index is 3.27. The molecule has 0 bridgehead atoms. The summed E-state index contributed by atoms with van der Waals surface area (Å²) >= 11 is 0. The third-order valence-corrected chi connectivity index (χ3v) is 9.43. The normalized spacial score (nSPS) is 12.6. The van der Waals surface area contributed by atoms with Gasteiger partial charge in [-0.25, -0.2) is 0 Å². The summed E-state index contributed by atoms with van der Waals surface area (Å²) in [7, 11) is -0.126. The zero-order valence-electron chi connectivity index (χ0n) is 16.0. The van der Waals surface area contributed by atoms with Crippen molar-refractivity contribution in [3.8, 4) is 11.5 Å². The molecule has 0 heterocycles. The molecule has 22 heavy (non-hydrogen) atoms. The Kier molecular flexibility index (Phi) is 6.14. The maximum atomic E-state index is 6.53. The fourth-order valence-corrected chi connectivity index (χ4v) is 3.53. The van der Waals surface area contributed by atoms with Crippen LogP contribution in [0.3, 0.4) is 0 Å². The maximum Gasteiger partial charge on any atom is 0.250 e. The second-order valence-electron chi connectivity index (χ2n) is 7.74. The molecule has 0 aliphatic carbocycles. The van der Waals surface area contributed by atoms with Crippen LogP contribution in [0.2, 0.25) is 18.1 Å². The molecule has 0 unspecified atom stereocenters. The van der Waals surface area contributed by atoms with Gasteiger partial charge in [-0.15, -0.1) is 0 Å². The minimum atomic E-state index is -1.87. The summed E-state index contributed by atoms with van der Waals surface area (Å²) in [5, 5.41) is 0.179. The number of aryl methyl sites for hydroxylation is 1. The molecule has 0 radical (unpaired) electrons. The molecule has 1 aromatic rings. The second kappa shape index (κ2) is 7.07. The van der Waals surface area contributed by atoms with Crippen molar-refractivity contribution in [2.45, 2.75) is 78.4 Å². The van der Waals surface area contributed by atoms with Crippen LogP contribution in [0.15, 0.2) is 12.1 Å². The summed E-state index contributed by atoms with van der Waals surface area (Å²) in [6, 6.07) is 4.45. The van der Waals surface area contributed by atoms with Crippen LogP contribution in [0.1, 0.15) is 64.5 Å². The lowest BCUT2D eigenvalue weighted by Crippen LogP contribution is -2.44. The molecular formula is C19H34O2Si. The highest BCUT2D eigenvalue weighted by Crippen LogP contribution is 2.42. The van der Waals surface area contributed by atoms with Crippen molar-refractivity contribution in [2.24, 2.45) is 0 Å². The third kappa shape index (κ3) is 4.06. The van der Waals surface area contributed by atoms with E-state index in [-0.39, 0.29) is 5.04 Å². The Morgan fingerprint density at radius 2 is 1.64 bits per heavy atom. The van der Waals surface area contributed by atoms with Gasteiger partial charge in [-0.05, 0) is 61.0 Å². The molecule has 0 aliphatic rings. The van der Waals surface area contributed by atoms with Crippen molar-refractivity contribution in [3.05, 3.63) is 23.3 Å². The molecular weight excluding hydrogens is 288 g/mol. The second-order valence-corrected chi connectivity index (χ2v) is 12.5. The summed E-state index contributed by atoms with van der Waals surface area (Å²) < 4.78 is 12.2. The molecule has 1 aromatic carbocycles. The van der Waals surface area contributed by atoms with E-state index in [0.29, 0.717) is 5.92 Å². The molecule has 0 amide bonds. The fraction of sp³-hybridized carbons (Fsp3) is 0.684. The van der Waals surface area contributed by atoms with Crippen LogP contribution in [-0.2, 0) is 0 Å². The van der Waals surface area contributed by atoms with Gasteiger partial charge in [-0.3, -0.25) is 0 Å². The standard InChI is InChI=1S/C19H34O2Si/c1-10-15(11-2)16-12-14(3)18(17(13-16)20-7)21-22(8,9)19(4,5)6/h12-13,15H,10-11H2,1-9H3. The Labute approximate surface area is 138 Å². The van der Waals surface area contributed by atoms with E-state index >= 15 is 0 Å². The zero-order valence-corrected chi connectivity index (χ0v) is 17.0. The van der Waals surface area contributed by atoms with Gasteiger partial charge < -0.3 is 9.16 Å². The van der Waals surface area contributed by atoms with Gasteiger partial charge in [0.05, 0.1) is 7.11 Å². The van der Waals surface area contributed by atoms with E-state index in [2.05, 4.69) is 66.8 Å². The predicted octanol–water partition coefficient (Wildman–Crippen LogP) is 6.29. The highest BCUT2D eigenvalue weighted by molar-refractivity contribution is 6.74. The maximum absolute atomic E-state index is 6.53. The highest BCUT2D eigenvalue weighted by Gasteiger charge is 2.40. The van der Waals surface area contributed by atoms with Gasteiger partial charge in [-0.2, -0.15) is 0 Å². The SMILES string of the molecule is CCC(CC)c1cc(C)c(O[Si](C)(C)C(C)(C)C)c(OC)c1. The summed E-state index contributed by atoms with van der Waals surface area (Å²) in [5.41, 5.74) is 2.55. The lowest BCUT2D eigenvalue weighted by Gasteiger charge is -2.37. The summed E-state index contributed by atoms with van der Waals surface area (Å²) in [5.74, 6) is 2.41. The Bertz CT molecular complexity index is 497. The first-order valence-electron chi connectivity index (χ1n) is 8.44. The predicted molar refractivity (Wildman–Crippen MR) is 98.9 cm³/mol. The first-order chi connectivity index (χ1) is 10.1. The molecule has 0 saturated heterocycles. The van der Waals surface area contributed by atoms with Crippen molar-refractivity contribution in [3.63, 3.8) is 0 Å². The molecule has 0 fully saturated rings. The van der Waals surface area contributed by atoms with Crippen LogP contribution in [0.4, 0.5) is 0 Å². The van der Waals surface area contributed by atoms with Crippen LogP contribution in [0.5, 0.6) is 11.5 Å². The quantitative estimate of drug-likeness (QED) is 0.573. The van der Waals surface area contributed by atoms with Gasteiger partial charge in [0.15, 0.2) is 5.75 Å². The number of methoxy groups -OCH3 is 1. The van der Waals surface area contributed by atoms with Crippen LogP contribution in [0.25, 0.3) is 0 Å². The number of ether oxygens (including phenoxy) is 1. The molecule has 0 saturated carbocycles. The number of rotatable bonds is 6. The first kappa shape index (κ1) is 19.1. The minimum Gasteiger partial charge on any atom is -0.541 e. The topological polar surface area (TPSA) is 18.5 Å². The lowest BCUT2D eigenvalue weighted by atomic mass is 9.92. The molecule has 0 N–H and O–H groups in total. The smallest absolute Gasteiger partial charge is 0.250 e. The van der Waals surface area contributed by atoms with E-state index in [1.165, 1.54) is 11.1 Å². The van der Waals surface area contributed by atoms with Gasteiger partial charge in [0, 0.05) is 0 Å². The first-order valence-corrected chi connectivity index (χ1v) is 11.4. The molecule has 0 spiro atoms. The average Bonchev–Trinajstić information content (AvgIpc) is 2.41. The average molecular weight is 323 g/mol. The Morgan fingerprint density at radius 3 is 2.05 bits per heavy atom. The minimum absolute atomic E-state index is 0.179. The van der Waals surface area contributed by atoms with Crippen molar-refractivity contribution in [1.82, 2.24) is 0 Å². The van der Waals surface area contributed by atoms with Gasteiger partial charge in [0.25, 0.3) is 8.32 Å². The molecule has 126 valence electrons. The Morgan fingerprint density at radius 1 is 1.09 bits per heavy atom. The van der Waals surface area contributed by atoms with Gasteiger partial charge in [0.2, 0.25) is 0 Å². The van der Waals surface area contributed by atoms with E-state index in [1.807, 2.05) is 0 Å². The largest absolute Gasteiger partial charge is 0.541 e. The monoisotopic (exact) mass is 322 g/mol. The number of hydrogen-bond acceptors (Lipinski definition) is 2. The van der Waals surface area contributed by atoms with Crippen LogP contribution in [0, 0.1) is 6.92 Å². The van der Waals surface area contributed by atoms with Crippen LogP contribution >= 0.6 is 0 Å². The van der Waals surface area contributed by atoms with Gasteiger partial charge >= 0.3 is 0 Å². The van der Waals surface area contributed by atoms with Crippen molar-refractivity contribution < 1.29 is 9.16 Å². The molecule has 0 aromatic heterocycles. The Hall–Kier alpha value is -0.963. The summed E-state index contributed by atoms with van der Waals surface area (Å²) in [6.07, 6.45) is 2.31. The molecule has 2 nitrogen and oxygen atoms in total. The fourth-order valence-electron chi connectivity index (χ4n) is 2.45. The lowest BCUT2D eigenvalue weighted by molar-refractivity contribution is 0.383. The number of benzene rings is 1. The van der Waals surface area contributed by atoms with E-state index in [1.54, 1.807) is 7.11 Å². The summed E-state index contributed by atoms with van der Waals surface area (Å²) in [4.78, 5) is 0. The van der Waals surface area contributed by atoms with E-state index in [0.717, 1.165) is 24.3 Å². The van der Waals surface area contributed by atoms with Crippen LogP contribution in [-0.4, -0.2) is 15.4 Å². The van der Waals surface area contributed by atoms with Crippen molar-refractivity contribution in [1.29, 1.82) is 0 Å². The molecule has 3 heteroatoms. The highest BCUT2D eigenvalue weighted by atomic mass is 28.4. The van der Waals surface area contributed by atoms with Gasteiger partial charge in [0.1, 0.15) is 5.75 Å². The zero-order chi connectivity index (χ0) is 17.1. The molecule has 0 atom stereocenters. The third-order valence-electron chi connectivity index (χ3n) is 5.10. The van der Waals surface area contributed by atoms with E-state index in [9.17, 15) is 0 Å². The molecule has 0 aliphatic heterocycles.